The number of aromatic nitrogens is 2. The molecule has 1 aliphatic heterocycles. The summed E-state index contributed by atoms with van der Waals surface area (Å²) in [7, 11) is -0.479. The van der Waals surface area contributed by atoms with Crippen LogP contribution in [0.15, 0.2) is 49.7 Å². The van der Waals surface area contributed by atoms with Gasteiger partial charge >= 0.3 is 11.9 Å². The van der Waals surface area contributed by atoms with Gasteiger partial charge in [0.15, 0.2) is 0 Å². The topological polar surface area (TPSA) is 64.1 Å². The molecule has 5 nitrogen and oxygen atoms in total. The summed E-state index contributed by atoms with van der Waals surface area (Å²) in [6.45, 7) is -0.0391. The molecule has 0 spiro atoms. The number of H-pyrrole nitrogens is 1. The zero-order valence-corrected chi connectivity index (χ0v) is 16.3. The number of hydrogen-bond donors (Lipinski definition) is 2. The maximum absolute atomic E-state index is 14.6. The van der Waals surface area contributed by atoms with Gasteiger partial charge in [-0.15, -0.1) is 0 Å². The lowest BCUT2D eigenvalue weighted by Gasteiger charge is -2.25. The number of alkyl halides is 3. The van der Waals surface area contributed by atoms with Gasteiger partial charge in [0, 0.05) is 28.7 Å². The summed E-state index contributed by atoms with van der Waals surface area (Å²) in [5.74, 6) is -1.66. The molecular weight excluding hydrogens is 431 g/mol. The van der Waals surface area contributed by atoms with Gasteiger partial charge in [-0.3, -0.25) is 14.3 Å². The number of methoxy groups -OCH3 is 1. The molecule has 2 unspecified atom stereocenters. The predicted molar refractivity (Wildman–Crippen MR) is 101 cm³/mol. The highest BCUT2D eigenvalue weighted by Crippen LogP contribution is 2.51. The number of nitrogens with one attached hydrogen (secondary N) is 1. The first-order valence-electron chi connectivity index (χ1n) is 8.73. The summed E-state index contributed by atoms with van der Waals surface area (Å²) in [6, 6.07) is 4.36. The molecule has 0 aliphatic carbocycles. The molecule has 30 heavy (non-hydrogen) atoms. The zero-order chi connectivity index (χ0) is 21.8. The van der Waals surface area contributed by atoms with E-state index in [0.717, 1.165) is 16.7 Å². The Kier molecular flexibility index (Phi) is 4.97. The largest absolute Gasteiger partial charge is 0.416 e. The second-order valence-electron chi connectivity index (χ2n) is 6.82. The van der Waals surface area contributed by atoms with Crippen LogP contribution in [0.1, 0.15) is 5.56 Å². The Bertz CT molecular complexity index is 1270. The van der Waals surface area contributed by atoms with E-state index in [1.807, 2.05) is 4.98 Å². The Balaban J connectivity index is 2.14. The van der Waals surface area contributed by atoms with Crippen molar-refractivity contribution in [2.75, 3.05) is 12.9 Å². The number of benzene rings is 2. The minimum atomic E-state index is -4.77. The monoisotopic (exact) mass is 446 g/mol. The Hall–Kier alpha value is -2.66. The van der Waals surface area contributed by atoms with Crippen LogP contribution in [0.25, 0.3) is 10.9 Å². The highest BCUT2D eigenvalue weighted by molar-refractivity contribution is 8.17. The van der Waals surface area contributed by atoms with Gasteiger partial charge in [-0.1, -0.05) is 0 Å². The number of nitrogens with zero attached hydrogens (tertiary/aromatic N) is 1. The number of thiol groups is 1. The van der Waals surface area contributed by atoms with Gasteiger partial charge in [0.2, 0.25) is 0 Å². The lowest BCUT2D eigenvalue weighted by molar-refractivity contribution is -0.137. The fourth-order valence-corrected chi connectivity index (χ4v) is 6.29. The quantitative estimate of drug-likeness (QED) is 0.468. The fraction of sp³-hybridized carbons (Fsp3) is 0.263. The second kappa shape index (κ2) is 7.24. The number of halogens is 5. The van der Waals surface area contributed by atoms with E-state index in [2.05, 4.69) is 0 Å². The molecule has 0 saturated heterocycles. The average Bonchev–Trinajstić information content (AvgIpc) is 2.83. The summed E-state index contributed by atoms with van der Waals surface area (Å²) >= 11 is 0. The van der Waals surface area contributed by atoms with Crippen molar-refractivity contribution in [3.05, 3.63) is 68.4 Å². The molecule has 1 aliphatic rings. The lowest BCUT2D eigenvalue weighted by atomic mass is 10.1. The molecule has 4 rings (SSSR count). The molecule has 0 radical (unpaired) electrons. The molecule has 160 valence electrons. The van der Waals surface area contributed by atoms with Crippen LogP contribution in [-0.4, -0.2) is 28.5 Å². The van der Waals surface area contributed by atoms with Gasteiger partial charge in [0.25, 0.3) is 5.56 Å². The molecule has 0 bridgehead atoms. The molecule has 11 heteroatoms. The van der Waals surface area contributed by atoms with Crippen molar-refractivity contribution in [1.82, 2.24) is 9.55 Å². The Morgan fingerprint density at radius 2 is 1.87 bits per heavy atom. The SMILES string of the molecule is COC1Cn2c(=O)[nH]c(=O)c3cc(C(F)(F)F)cc(c32)[SH](c2ccc(F)cc2F)C1. The van der Waals surface area contributed by atoms with E-state index in [9.17, 15) is 31.5 Å². The van der Waals surface area contributed by atoms with Gasteiger partial charge in [0.1, 0.15) is 11.6 Å². The molecule has 1 aromatic heterocycles. The molecule has 0 amide bonds. The van der Waals surface area contributed by atoms with Crippen LogP contribution in [0.2, 0.25) is 0 Å². The summed E-state index contributed by atoms with van der Waals surface area (Å²) in [5.41, 5.74) is -2.85. The first-order chi connectivity index (χ1) is 14.1. The Morgan fingerprint density at radius 3 is 2.50 bits per heavy atom. The molecule has 2 atom stereocenters. The average molecular weight is 446 g/mol. The van der Waals surface area contributed by atoms with Crippen LogP contribution in [0.5, 0.6) is 0 Å². The van der Waals surface area contributed by atoms with E-state index in [-0.39, 0.29) is 33.0 Å². The molecular formula is C19H15F5N2O3S. The van der Waals surface area contributed by atoms with Crippen LogP contribution < -0.4 is 11.2 Å². The van der Waals surface area contributed by atoms with Gasteiger partial charge in [-0.05, 0) is 24.3 Å². The van der Waals surface area contributed by atoms with Crippen LogP contribution in [-0.2, 0) is 17.5 Å². The normalized spacial score (nSPS) is 20.3. The highest BCUT2D eigenvalue weighted by atomic mass is 32.2. The van der Waals surface area contributed by atoms with Crippen LogP contribution >= 0.6 is 10.9 Å². The molecule has 2 aromatic carbocycles. The van der Waals surface area contributed by atoms with E-state index in [0.29, 0.717) is 12.1 Å². The summed E-state index contributed by atoms with van der Waals surface area (Å²) in [4.78, 5) is 26.8. The first kappa shape index (κ1) is 20.6. The van der Waals surface area contributed by atoms with E-state index >= 15 is 0 Å². The van der Waals surface area contributed by atoms with Gasteiger partial charge < -0.3 is 4.74 Å². The van der Waals surface area contributed by atoms with Gasteiger partial charge in [-0.2, -0.15) is 24.1 Å². The first-order valence-corrected chi connectivity index (χ1v) is 10.3. The van der Waals surface area contributed by atoms with E-state index in [4.69, 9.17) is 4.74 Å². The number of hydrogen-bond acceptors (Lipinski definition) is 3. The Morgan fingerprint density at radius 1 is 1.13 bits per heavy atom. The third-order valence-corrected chi connectivity index (χ3v) is 7.63. The molecule has 0 fully saturated rings. The van der Waals surface area contributed by atoms with Crippen molar-refractivity contribution in [2.24, 2.45) is 0 Å². The third kappa shape index (κ3) is 3.41. The van der Waals surface area contributed by atoms with Gasteiger partial charge in [-0.25, -0.2) is 13.6 Å². The maximum atomic E-state index is 14.6. The minimum Gasteiger partial charge on any atom is -0.379 e. The lowest BCUT2D eigenvalue weighted by Crippen LogP contribution is -2.34. The van der Waals surface area contributed by atoms with Crippen LogP contribution in [0, 0.1) is 11.6 Å². The Labute approximate surface area is 168 Å². The van der Waals surface area contributed by atoms with Gasteiger partial charge in [0.05, 0.1) is 29.1 Å². The van der Waals surface area contributed by atoms with Crippen molar-refractivity contribution in [1.29, 1.82) is 0 Å². The van der Waals surface area contributed by atoms with Crippen molar-refractivity contribution in [3.63, 3.8) is 0 Å². The fourth-order valence-electron chi connectivity index (χ4n) is 3.59. The van der Waals surface area contributed by atoms with Crippen molar-refractivity contribution < 1.29 is 26.7 Å². The third-order valence-electron chi connectivity index (χ3n) is 4.99. The number of rotatable bonds is 2. The molecule has 2 heterocycles. The highest BCUT2D eigenvalue weighted by Gasteiger charge is 2.35. The smallest absolute Gasteiger partial charge is 0.379 e. The number of aromatic amines is 1. The van der Waals surface area contributed by atoms with E-state index < -0.39 is 51.6 Å². The van der Waals surface area contributed by atoms with Crippen molar-refractivity contribution >= 4 is 21.8 Å². The zero-order valence-electron chi connectivity index (χ0n) is 15.4. The second-order valence-corrected chi connectivity index (χ2v) is 9.01. The van der Waals surface area contributed by atoms with E-state index in [1.165, 1.54) is 13.2 Å². The molecule has 3 aromatic rings. The maximum Gasteiger partial charge on any atom is 0.416 e. The predicted octanol–water partition coefficient (Wildman–Crippen LogP) is 3.43. The minimum absolute atomic E-state index is 0.00568. The van der Waals surface area contributed by atoms with Crippen LogP contribution in [0.4, 0.5) is 22.0 Å². The molecule has 1 N–H and O–H groups in total. The standard InChI is InChI=1S/C19H15F5N2O3S/c1-29-11-7-26-16-12(17(27)25-18(26)28)4-9(19(22,23)24)5-15(16)30(8-11)14-3-2-10(20)6-13(14)21/h2-6,11,30H,7-8H2,1H3,(H,25,27,28). The van der Waals surface area contributed by atoms with Crippen molar-refractivity contribution in [3.8, 4) is 0 Å². The summed E-state index contributed by atoms with van der Waals surface area (Å²) in [6.07, 6.45) is -5.41. The van der Waals surface area contributed by atoms with Crippen molar-refractivity contribution in [2.45, 2.75) is 28.6 Å². The van der Waals surface area contributed by atoms with E-state index in [1.54, 1.807) is 0 Å². The van der Waals surface area contributed by atoms with Crippen LogP contribution in [0.3, 0.4) is 0 Å². The summed E-state index contributed by atoms with van der Waals surface area (Å²) in [5, 5.41) is -0.328. The summed E-state index contributed by atoms with van der Waals surface area (Å²) < 4.78 is 75.2. The number of ether oxygens (including phenoxy) is 1. The molecule has 0 saturated carbocycles.